The summed E-state index contributed by atoms with van der Waals surface area (Å²) in [5.74, 6) is 0.169. The van der Waals surface area contributed by atoms with E-state index in [0.717, 1.165) is 58.2 Å². The van der Waals surface area contributed by atoms with Gasteiger partial charge in [-0.3, -0.25) is 9.89 Å². The minimum absolute atomic E-state index is 0.211. The molecule has 3 rings (SSSR count). The summed E-state index contributed by atoms with van der Waals surface area (Å²) in [5.41, 5.74) is 0. The molecule has 3 aliphatic rings. The molecule has 306 valence electrons. The summed E-state index contributed by atoms with van der Waals surface area (Å²) in [6.45, 7) is 7.75. The summed E-state index contributed by atoms with van der Waals surface area (Å²) in [7, 11) is 0. The van der Waals surface area contributed by atoms with E-state index >= 15 is 0 Å². The Hall–Kier alpha value is -2.01. The number of ether oxygens (including phenoxy) is 2. The van der Waals surface area contributed by atoms with Gasteiger partial charge in [0.2, 0.25) is 0 Å². The maximum Gasteiger partial charge on any atom is 0.169 e. The fourth-order valence-electron chi connectivity index (χ4n) is 8.23. The molecular formula is C50H84N2O2. The van der Waals surface area contributed by atoms with Crippen molar-refractivity contribution in [3.8, 4) is 0 Å². The van der Waals surface area contributed by atoms with E-state index in [2.05, 4.69) is 90.6 Å². The van der Waals surface area contributed by atoms with Gasteiger partial charge in [0.1, 0.15) is 0 Å². The first-order valence-electron chi connectivity index (χ1n) is 23.3. The highest BCUT2D eigenvalue weighted by Crippen LogP contribution is 2.41. The number of rotatable bonds is 32. The maximum atomic E-state index is 7.02. The quantitative estimate of drug-likeness (QED) is 0.0508. The zero-order valence-corrected chi connectivity index (χ0v) is 35.4. The van der Waals surface area contributed by atoms with E-state index in [9.17, 15) is 0 Å². The van der Waals surface area contributed by atoms with E-state index in [4.69, 9.17) is 9.47 Å². The van der Waals surface area contributed by atoms with Crippen LogP contribution < -0.4 is 0 Å². The summed E-state index contributed by atoms with van der Waals surface area (Å²) in [6.07, 6.45) is 65.0. The molecule has 3 atom stereocenters. The highest BCUT2D eigenvalue weighted by molar-refractivity contribution is 5.71. The Balaban J connectivity index is 1.33. The van der Waals surface area contributed by atoms with Gasteiger partial charge in [0.05, 0.1) is 12.2 Å². The molecule has 0 saturated carbocycles. The zero-order chi connectivity index (χ0) is 38.0. The Morgan fingerprint density at radius 2 is 1.11 bits per heavy atom. The fourth-order valence-corrected chi connectivity index (χ4v) is 8.23. The first kappa shape index (κ1) is 46.4. The van der Waals surface area contributed by atoms with Crippen LogP contribution in [-0.4, -0.2) is 48.7 Å². The first-order valence-corrected chi connectivity index (χ1v) is 23.3. The molecular weight excluding hydrogens is 661 g/mol. The predicted octanol–water partition coefficient (Wildman–Crippen LogP) is 14.7. The van der Waals surface area contributed by atoms with Gasteiger partial charge >= 0.3 is 0 Å². The zero-order valence-electron chi connectivity index (χ0n) is 35.4. The van der Waals surface area contributed by atoms with Crippen LogP contribution in [0.2, 0.25) is 0 Å². The second kappa shape index (κ2) is 32.1. The van der Waals surface area contributed by atoms with Gasteiger partial charge in [-0.1, -0.05) is 152 Å². The number of unbranched alkanes of at least 4 members (excludes halogenated alkanes) is 18. The van der Waals surface area contributed by atoms with Gasteiger partial charge in [-0.25, -0.2) is 0 Å². The molecule has 3 heterocycles. The van der Waals surface area contributed by atoms with E-state index in [-0.39, 0.29) is 18.0 Å². The van der Waals surface area contributed by atoms with Crippen LogP contribution in [0.4, 0.5) is 0 Å². The minimum atomic E-state index is -0.366. The van der Waals surface area contributed by atoms with Crippen molar-refractivity contribution in [2.24, 2.45) is 10.9 Å². The summed E-state index contributed by atoms with van der Waals surface area (Å²) in [5, 5.41) is 0. The molecule has 0 aromatic heterocycles. The Morgan fingerprint density at radius 3 is 1.67 bits per heavy atom. The number of fused-ring (bicyclic) bond motifs is 1. The third kappa shape index (κ3) is 22.5. The lowest BCUT2D eigenvalue weighted by Crippen LogP contribution is -2.46. The van der Waals surface area contributed by atoms with Crippen LogP contribution in [0.5, 0.6) is 0 Å². The second-order valence-corrected chi connectivity index (χ2v) is 16.5. The Labute approximate surface area is 334 Å². The van der Waals surface area contributed by atoms with Crippen molar-refractivity contribution in [3.05, 3.63) is 73.0 Å². The SMILES string of the molecule is CCCCCC=CCC=CCCCCCCCCC1(CCCCCCCCC=CCC=CCCCCC)OC2CCN(CC3C=CC=NC=CC3)CC2O1. The van der Waals surface area contributed by atoms with Gasteiger partial charge in [-0.05, 0) is 102 Å². The number of hydrogen-bond acceptors (Lipinski definition) is 4. The Morgan fingerprint density at radius 1 is 0.611 bits per heavy atom. The molecule has 3 unspecified atom stereocenters. The topological polar surface area (TPSA) is 34.1 Å². The molecule has 4 nitrogen and oxygen atoms in total. The number of hydrogen-bond donors (Lipinski definition) is 0. The summed E-state index contributed by atoms with van der Waals surface area (Å²) in [4.78, 5) is 6.89. The van der Waals surface area contributed by atoms with Gasteiger partial charge in [-0.15, -0.1) is 0 Å². The standard InChI is InChI=1S/C50H84N2O2/c1-3-5-7-9-11-13-15-17-19-21-23-25-27-29-31-33-40-50(41-34-32-30-28-26-24-22-20-18-16-14-12-10-8-6-4-2)53-48-39-44-52(46-49(48)54-50)45-47-37-35-42-51-43-36-38-47/h11-14,17-20,35-37,42-43,47-49H,3-10,15-16,21-34,38-41,44-46H2,1-2H3. The van der Waals surface area contributed by atoms with Crippen molar-refractivity contribution in [2.45, 2.75) is 212 Å². The molecule has 0 radical (unpaired) electrons. The third-order valence-corrected chi connectivity index (χ3v) is 11.5. The van der Waals surface area contributed by atoms with Crippen LogP contribution in [0.25, 0.3) is 0 Å². The molecule has 0 aromatic carbocycles. The number of aliphatic imine (C=N–C) groups is 1. The molecule has 4 heteroatoms. The van der Waals surface area contributed by atoms with Gasteiger partial charge in [0, 0.05) is 44.9 Å². The highest BCUT2D eigenvalue weighted by Gasteiger charge is 2.48. The minimum Gasteiger partial charge on any atom is -0.344 e. The van der Waals surface area contributed by atoms with Crippen LogP contribution in [0.1, 0.15) is 194 Å². The lowest BCUT2D eigenvalue weighted by atomic mass is 9.98. The molecule has 3 aliphatic heterocycles. The van der Waals surface area contributed by atoms with Crippen molar-refractivity contribution < 1.29 is 9.47 Å². The third-order valence-electron chi connectivity index (χ3n) is 11.5. The van der Waals surface area contributed by atoms with Crippen LogP contribution in [-0.2, 0) is 9.47 Å². The molecule has 2 saturated heterocycles. The van der Waals surface area contributed by atoms with Gasteiger partial charge in [0.15, 0.2) is 5.79 Å². The molecule has 0 aromatic rings. The van der Waals surface area contributed by atoms with Crippen molar-refractivity contribution >= 4 is 6.21 Å². The van der Waals surface area contributed by atoms with E-state index in [1.54, 1.807) is 0 Å². The molecule has 0 bridgehead atoms. The maximum absolute atomic E-state index is 7.02. The smallest absolute Gasteiger partial charge is 0.169 e. The molecule has 54 heavy (non-hydrogen) atoms. The number of nitrogens with zero attached hydrogens (tertiary/aromatic N) is 2. The number of piperidine rings is 1. The van der Waals surface area contributed by atoms with Crippen LogP contribution in [0, 0.1) is 5.92 Å². The Bertz CT molecular complexity index is 1050. The lowest BCUT2D eigenvalue weighted by Gasteiger charge is -2.34. The first-order chi connectivity index (χ1) is 26.7. The van der Waals surface area contributed by atoms with E-state index < -0.39 is 0 Å². The lowest BCUT2D eigenvalue weighted by molar-refractivity contribution is -0.185. The normalized spacial score (nSPS) is 23.5. The van der Waals surface area contributed by atoms with Crippen molar-refractivity contribution in [1.29, 1.82) is 0 Å². The Kier molecular flexibility index (Phi) is 27.6. The molecule has 0 spiro atoms. The molecule has 0 aliphatic carbocycles. The van der Waals surface area contributed by atoms with Gasteiger partial charge in [0.25, 0.3) is 0 Å². The van der Waals surface area contributed by atoms with E-state index in [1.807, 2.05) is 12.4 Å². The molecule has 2 fully saturated rings. The predicted molar refractivity (Wildman–Crippen MR) is 236 cm³/mol. The number of allylic oxidation sites excluding steroid dienone is 10. The van der Waals surface area contributed by atoms with Crippen molar-refractivity contribution in [3.63, 3.8) is 0 Å². The van der Waals surface area contributed by atoms with Gasteiger partial charge < -0.3 is 9.47 Å². The second-order valence-electron chi connectivity index (χ2n) is 16.5. The fraction of sp³-hybridized carbons (Fsp3) is 0.740. The summed E-state index contributed by atoms with van der Waals surface area (Å²) < 4.78 is 14.0. The van der Waals surface area contributed by atoms with E-state index in [0.29, 0.717) is 5.92 Å². The molecule has 0 amide bonds. The average molecular weight is 745 g/mol. The average Bonchev–Trinajstić information content (AvgIpc) is 3.53. The highest BCUT2D eigenvalue weighted by atomic mass is 16.8. The van der Waals surface area contributed by atoms with Gasteiger partial charge in [-0.2, -0.15) is 0 Å². The van der Waals surface area contributed by atoms with Crippen molar-refractivity contribution in [2.75, 3.05) is 19.6 Å². The van der Waals surface area contributed by atoms with Crippen LogP contribution in [0.3, 0.4) is 0 Å². The molecule has 0 N–H and O–H groups in total. The van der Waals surface area contributed by atoms with Crippen molar-refractivity contribution in [1.82, 2.24) is 4.90 Å². The van der Waals surface area contributed by atoms with E-state index in [1.165, 1.54) is 141 Å². The monoisotopic (exact) mass is 745 g/mol. The number of likely N-dealkylation sites (tertiary alicyclic amines) is 1. The van der Waals surface area contributed by atoms with Crippen LogP contribution >= 0.6 is 0 Å². The van der Waals surface area contributed by atoms with Crippen LogP contribution in [0.15, 0.2) is 78.0 Å². The largest absolute Gasteiger partial charge is 0.344 e. The summed E-state index contributed by atoms with van der Waals surface area (Å²) >= 11 is 0. The summed E-state index contributed by atoms with van der Waals surface area (Å²) in [6, 6.07) is 0.